The van der Waals surface area contributed by atoms with Crippen LogP contribution in [0.1, 0.15) is 54.4 Å². The van der Waals surface area contributed by atoms with Crippen LogP contribution in [0.15, 0.2) is 54.6 Å². The zero-order chi connectivity index (χ0) is 25.2. The molecule has 1 aliphatic heterocycles. The lowest BCUT2D eigenvalue weighted by atomic mass is 9.80. The summed E-state index contributed by atoms with van der Waals surface area (Å²) >= 11 is 0. The van der Waals surface area contributed by atoms with Crippen molar-refractivity contribution >= 4 is 34.4 Å². The van der Waals surface area contributed by atoms with E-state index in [1.165, 1.54) is 0 Å². The van der Waals surface area contributed by atoms with E-state index in [4.69, 9.17) is 14.5 Å². The minimum absolute atomic E-state index is 0.0409. The van der Waals surface area contributed by atoms with E-state index in [-0.39, 0.29) is 24.7 Å². The maximum atomic E-state index is 13.6. The molecule has 2 aliphatic rings. The lowest BCUT2D eigenvalue weighted by Crippen LogP contribution is -2.49. The van der Waals surface area contributed by atoms with E-state index in [0.29, 0.717) is 24.6 Å². The van der Waals surface area contributed by atoms with Gasteiger partial charge in [-0.3, -0.25) is 4.79 Å². The van der Waals surface area contributed by atoms with Gasteiger partial charge >= 0.3 is 5.97 Å². The molecule has 1 amide bonds. The van der Waals surface area contributed by atoms with Crippen LogP contribution in [0.3, 0.4) is 0 Å². The van der Waals surface area contributed by atoms with Crippen LogP contribution in [0.2, 0.25) is 0 Å². The third kappa shape index (κ3) is 5.05. The Hall–Kier alpha value is -3.51. The van der Waals surface area contributed by atoms with E-state index in [9.17, 15) is 9.59 Å². The molecule has 3 aromatic rings. The molecule has 0 N–H and O–H groups in total. The summed E-state index contributed by atoms with van der Waals surface area (Å²) in [5, 5.41) is 0.760. The van der Waals surface area contributed by atoms with Crippen LogP contribution < -0.4 is 0 Å². The number of benzene rings is 2. The molecule has 0 spiro atoms. The van der Waals surface area contributed by atoms with E-state index in [0.717, 1.165) is 46.1 Å². The van der Waals surface area contributed by atoms with Crippen molar-refractivity contribution in [3.8, 4) is 0 Å². The maximum Gasteiger partial charge on any atom is 0.339 e. The van der Waals surface area contributed by atoms with E-state index in [1.54, 1.807) is 4.90 Å². The van der Waals surface area contributed by atoms with E-state index in [1.807, 2.05) is 56.3 Å². The number of hydrogen-bond acceptors (Lipinski definition) is 5. The lowest BCUT2D eigenvalue weighted by molar-refractivity contribution is -0.146. The summed E-state index contributed by atoms with van der Waals surface area (Å²) in [6, 6.07) is 17.8. The fourth-order valence-corrected chi connectivity index (χ4v) is 5.39. The Kier molecular flexibility index (Phi) is 6.88. The summed E-state index contributed by atoms with van der Waals surface area (Å²) in [5.41, 5.74) is 5.25. The molecular formula is C30H32N2O4. The molecule has 2 heterocycles. The minimum Gasteiger partial charge on any atom is -0.452 e. The smallest absolute Gasteiger partial charge is 0.339 e. The van der Waals surface area contributed by atoms with Gasteiger partial charge in [0.1, 0.15) is 0 Å². The van der Waals surface area contributed by atoms with Gasteiger partial charge in [0.2, 0.25) is 0 Å². The van der Waals surface area contributed by atoms with Gasteiger partial charge in [-0.25, -0.2) is 9.78 Å². The number of carbonyl (C=O) groups excluding carboxylic acids is 2. The molecule has 186 valence electrons. The Morgan fingerprint density at radius 1 is 1.00 bits per heavy atom. The molecule has 1 fully saturated rings. The van der Waals surface area contributed by atoms with Crippen LogP contribution in [0.4, 0.5) is 0 Å². The molecule has 1 saturated heterocycles. The summed E-state index contributed by atoms with van der Waals surface area (Å²) in [6.45, 7) is 6.79. The number of fused-ring (bicyclic) bond motifs is 2. The number of rotatable bonds is 4. The zero-order valence-corrected chi connectivity index (χ0v) is 21.1. The molecule has 6 heteroatoms. The van der Waals surface area contributed by atoms with E-state index >= 15 is 0 Å². The van der Waals surface area contributed by atoms with Gasteiger partial charge in [0.05, 0.1) is 29.0 Å². The van der Waals surface area contributed by atoms with Crippen LogP contribution in [0.5, 0.6) is 0 Å². The Morgan fingerprint density at radius 3 is 2.44 bits per heavy atom. The number of aromatic nitrogens is 1. The van der Waals surface area contributed by atoms with Crippen molar-refractivity contribution in [3.63, 3.8) is 0 Å². The molecule has 0 bridgehead atoms. The second kappa shape index (κ2) is 10.2. The van der Waals surface area contributed by atoms with Gasteiger partial charge in [0.25, 0.3) is 5.91 Å². The maximum absolute atomic E-state index is 13.6. The second-order valence-electron chi connectivity index (χ2n) is 10.1. The second-order valence-corrected chi connectivity index (χ2v) is 10.1. The van der Waals surface area contributed by atoms with Crippen LogP contribution in [0.25, 0.3) is 22.6 Å². The van der Waals surface area contributed by atoms with E-state index < -0.39 is 5.97 Å². The molecule has 5 rings (SSSR count). The van der Waals surface area contributed by atoms with Crippen LogP contribution in [0, 0.1) is 5.92 Å². The molecule has 2 aromatic carbocycles. The Balaban J connectivity index is 1.49. The largest absolute Gasteiger partial charge is 0.452 e. The van der Waals surface area contributed by atoms with Crippen molar-refractivity contribution in [2.75, 3.05) is 19.7 Å². The van der Waals surface area contributed by atoms with Gasteiger partial charge in [-0.05, 0) is 61.4 Å². The normalized spacial score (nSPS) is 22.9. The number of pyridine rings is 1. The Bertz CT molecular complexity index is 1310. The number of hydrogen-bond donors (Lipinski definition) is 0. The van der Waals surface area contributed by atoms with Crippen molar-refractivity contribution in [1.29, 1.82) is 0 Å². The predicted molar refractivity (Wildman–Crippen MR) is 140 cm³/mol. The summed E-state index contributed by atoms with van der Waals surface area (Å²) in [7, 11) is 0. The highest BCUT2D eigenvalue weighted by molar-refractivity contribution is 6.07. The predicted octanol–water partition coefficient (Wildman–Crippen LogP) is 5.15. The number of nitrogens with zero attached hydrogens (tertiary/aromatic N) is 2. The first-order chi connectivity index (χ1) is 17.4. The number of para-hydroxylation sites is 1. The van der Waals surface area contributed by atoms with Crippen LogP contribution >= 0.6 is 0 Å². The quantitative estimate of drug-likeness (QED) is 0.479. The third-order valence-electron chi connectivity index (χ3n) is 6.86. The molecule has 36 heavy (non-hydrogen) atoms. The number of esters is 1. The monoisotopic (exact) mass is 484 g/mol. The molecule has 3 unspecified atom stereocenters. The highest BCUT2D eigenvalue weighted by Gasteiger charge is 2.30. The Morgan fingerprint density at radius 2 is 1.69 bits per heavy atom. The molecule has 1 aliphatic carbocycles. The summed E-state index contributed by atoms with van der Waals surface area (Å²) in [6.07, 6.45) is 3.70. The van der Waals surface area contributed by atoms with Gasteiger partial charge in [0.15, 0.2) is 6.61 Å². The lowest BCUT2D eigenvalue weighted by Gasteiger charge is -2.35. The number of morpholine rings is 1. The fourth-order valence-electron chi connectivity index (χ4n) is 5.39. The Labute approximate surface area is 211 Å². The fraction of sp³-hybridized carbons (Fsp3) is 0.367. The molecular weight excluding hydrogens is 452 g/mol. The standard InChI is InChI=1S/C30H32N2O4/c1-19-13-23(15-22-9-5-4-6-10-22)29-25(14-19)28(24-11-7-8-12-26(24)31-29)30(34)35-18-27(33)32-16-20(2)36-21(3)17-32/h4-12,15,19-21H,13-14,16-18H2,1-3H3. The van der Waals surface area contributed by atoms with Crippen molar-refractivity contribution in [1.82, 2.24) is 9.88 Å². The SMILES string of the molecule is CC1CC(=Cc2ccccc2)c2nc3ccccc3c(C(=O)OCC(=O)N3CC(C)OC(C)C3)c2C1. The molecule has 0 saturated carbocycles. The van der Waals surface area contributed by atoms with E-state index in [2.05, 4.69) is 25.1 Å². The first-order valence-electron chi connectivity index (χ1n) is 12.7. The molecule has 3 atom stereocenters. The minimum atomic E-state index is -0.472. The van der Waals surface area contributed by atoms with Gasteiger partial charge < -0.3 is 14.4 Å². The van der Waals surface area contributed by atoms with Crippen molar-refractivity contribution in [2.45, 2.75) is 45.8 Å². The van der Waals surface area contributed by atoms with Crippen LogP contribution in [-0.4, -0.2) is 53.7 Å². The number of amides is 1. The third-order valence-corrected chi connectivity index (χ3v) is 6.86. The molecule has 1 aromatic heterocycles. The summed E-state index contributed by atoms with van der Waals surface area (Å²) in [5.74, 6) is -0.323. The average molecular weight is 485 g/mol. The van der Waals surface area contributed by atoms with Crippen molar-refractivity contribution in [2.24, 2.45) is 5.92 Å². The number of carbonyl (C=O) groups is 2. The first kappa shape index (κ1) is 24.2. The van der Waals surface area contributed by atoms with Gasteiger partial charge in [-0.1, -0.05) is 55.5 Å². The topological polar surface area (TPSA) is 68.7 Å². The highest BCUT2D eigenvalue weighted by atomic mass is 16.5. The number of ether oxygens (including phenoxy) is 2. The number of allylic oxidation sites excluding steroid dienone is 1. The van der Waals surface area contributed by atoms with Gasteiger partial charge in [-0.2, -0.15) is 0 Å². The van der Waals surface area contributed by atoms with Crippen molar-refractivity contribution in [3.05, 3.63) is 77.0 Å². The first-order valence-corrected chi connectivity index (χ1v) is 12.7. The van der Waals surface area contributed by atoms with Crippen LogP contribution in [-0.2, 0) is 20.7 Å². The van der Waals surface area contributed by atoms with Gasteiger partial charge in [0, 0.05) is 18.5 Å². The summed E-state index contributed by atoms with van der Waals surface area (Å²) in [4.78, 5) is 33.1. The summed E-state index contributed by atoms with van der Waals surface area (Å²) < 4.78 is 11.4. The van der Waals surface area contributed by atoms with Crippen molar-refractivity contribution < 1.29 is 19.1 Å². The molecule has 0 radical (unpaired) electrons. The average Bonchev–Trinajstić information content (AvgIpc) is 2.86. The van der Waals surface area contributed by atoms with Gasteiger partial charge in [-0.15, -0.1) is 0 Å². The highest BCUT2D eigenvalue weighted by Crippen LogP contribution is 2.38. The zero-order valence-electron chi connectivity index (χ0n) is 21.1. The molecule has 6 nitrogen and oxygen atoms in total.